The van der Waals surface area contributed by atoms with Crippen LogP contribution in [0.5, 0.6) is 0 Å². The van der Waals surface area contributed by atoms with Crippen LogP contribution in [0.3, 0.4) is 0 Å². The Morgan fingerprint density at radius 3 is 1.61 bits per heavy atom. The Morgan fingerprint density at radius 1 is 0.783 bits per heavy atom. The molecule has 0 fully saturated rings. The van der Waals surface area contributed by atoms with Gasteiger partial charge in [-0.3, -0.25) is 0 Å². The average molecular weight is 375 g/mol. The van der Waals surface area contributed by atoms with E-state index < -0.39 is 46.5 Å². The summed E-state index contributed by atoms with van der Waals surface area (Å²) in [6, 6.07) is 0. The van der Waals surface area contributed by atoms with Crippen LogP contribution in [-0.2, 0) is 9.84 Å². The number of nitrogens with zero attached hydrogens (tertiary/aromatic N) is 1. The van der Waals surface area contributed by atoms with E-state index in [0.717, 1.165) is 0 Å². The predicted octanol–water partition coefficient (Wildman–Crippen LogP) is 3.36. The number of hydrogen-bond acceptors (Lipinski definition) is 3. The van der Waals surface area contributed by atoms with E-state index >= 15 is 0 Å². The molecule has 0 aromatic carbocycles. The fourth-order valence-corrected chi connectivity index (χ4v) is 3.26. The average Bonchev–Trinajstić information content (AvgIpc) is 2.31. The van der Waals surface area contributed by atoms with E-state index in [-0.39, 0.29) is 12.2 Å². The molecular formula is C12H20F7NO2S. The lowest BCUT2D eigenvalue weighted by Gasteiger charge is -2.29. The highest BCUT2D eigenvalue weighted by molar-refractivity contribution is 7.91. The van der Waals surface area contributed by atoms with Gasteiger partial charge in [0.25, 0.3) is 5.67 Å². The molecule has 0 aromatic heterocycles. The van der Waals surface area contributed by atoms with E-state index in [2.05, 4.69) is 0 Å². The van der Waals surface area contributed by atoms with Crippen molar-refractivity contribution in [3.8, 4) is 0 Å². The predicted molar refractivity (Wildman–Crippen MR) is 71.6 cm³/mol. The molecular weight excluding hydrogens is 355 g/mol. The molecule has 0 atom stereocenters. The van der Waals surface area contributed by atoms with Crippen LogP contribution in [0.1, 0.15) is 25.7 Å². The van der Waals surface area contributed by atoms with Gasteiger partial charge in [0.2, 0.25) is 0 Å². The second-order valence-electron chi connectivity index (χ2n) is 5.56. The standard InChI is InChI=1S/C12H20F7NO2S/c1-20(2)7-3-4-8-23(21,22)9-5-6-10(13,11(14,15)16)12(17,18)19/h3-9H2,1-2H3. The molecule has 0 heterocycles. The minimum atomic E-state index is -6.14. The lowest BCUT2D eigenvalue weighted by molar-refractivity contribution is -0.343. The van der Waals surface area contributed by atoms with Crippen molar-refractivity contribution in [3.63, 3.8) is 0 Å². The molecule has 0 bridgehead atoms. The highest BCUT2D eigenvalue weighted by Crippen LogP contribution is 2.48. The third-order valence-corrected chi connectivity index (χ3v) is 5.01. The zero-order chi connectivity index (χ0) is 18.5. The Hall–Kier alpha value is -0.580. The van der Waals surface area contributed by atoms with E-state index in [9.17, 15) is 39.2 Å². The van der Waals surface area contributed by atoms with Crippen LogP contribution in [0, 0.1) is 0 Å². The minimum absolute atomic E-state index is 0.236. The number of halogens is 7. The van der Waals surface area contributed by atoms with Crippen molar-refractivity contribution in [3.05, 3.63) is 0 Å². The quantitative estimate of drug-likeness (QED) is 0.458. The van der Waals surface area contributed by atoms with E-state index in [1.807, 2.05) is 0 Å². The number of rotatable bonds is 9. The third kappa shape index (κ3) is 7.23. The SMILES string of the molecule is CN(C)CCCCS(=O)(=O)CCCC(F)(C(F)(F)F)C(F)(F)F. The van der Waals surface area contributed by atoms with E-state index in [1.165, 1.54) is 0 Å². The molecule has 11 heteroatoms. The van der Waals surface area contributed by atoms with Crippen LogP contribution >= 0.6 is 0 Å². The summed E-state index contributed by atoms with van der Waals surface area (Å²) in [6.45, 7) is 0.602. The maximum absolute atomic E-state index is 13.3. The fraction of sp³-hybridized carbons (Fsp3) is 1.00. The first-order chi connectivity index (χ1) is 10.1. The Morgan fingerprint density at radius 2 is 1.22 bits per heavy atom. The molecule has 0 radical (unpaired) electrons. The minimum Gasteiger partial charge on any atom is -0.309 e. The van der Waals surface area contributed by atoms with Crippen molar-refractivity contribution >= 4 is 9.84 Å². The van der Waals surface area contributed by atoms with Gasteiger partial charge >= 0.3 is 12.4 Å². The molecule has 0 N–H and O–H groups in total. The topological polar surface area (TPSA) is 37.4 Å². The summed E-state index contributed by atoms with van der Waals surface area (Å²) in [5.41, 5.74) is -5.39. The van der Waals surface area contributed by atoms with E-state index in [1.54, 1.807) is 19.0 Å². The smallest absolute Gasteiger partial charge is 0.309 e. The van der Waals surface area contributed by atoms with Crippen LogP contribution in [0.25, 0.3) is 0 Å². The summed E-state index contributed by atoms with van der Waals surface area (Å²) in [4.78, 5) is 1.80. The summed E-state index contributed by atoms with van der Waals surface area (Å²) in [7, 11) is -0.278. The number of unbranched alkanes of at least 4 members (excludes halogenated alkanes) is 1. The Kier molecular flexibility index (Phi) is 7.80. The summed E-state index contributed by atoms with van der Waals surface area (Å²) in [5, 5.41) is 0. The van der Waals surface area contributed by atoms with Crippen molar-refractivity contribution in [1.82, 2.24) is 4.90 Å². The van der Waals surface area contributed by atoms with Gasteiger partial charge < -0.3 is 4.90 Å². The maximum Gasteiger partial charge on any atom is 0.431 e. The highest BCUT2D eigenvalue weighted by atomic mass is 32.2. The normalized spacial score (nSPS) is 14.5. The van der Waals surface area contributed by atoms with Gasteiger partial charge in [0.1, 0.15) is 9.84 Å². The molecule has 23 heavy (non-hydrogen) atoms. The Balaban J connectivity index is 4.55. The molecule has 0 spiro atoms. The van der Waals surface area contributed by atoms with E-state index in [4.69, 9.17) is 0 Å². The van der Waals surface area contributed by atoms with Gasteiger partial charge in [-0.05, 0) is 39.9 Å². The van der Waals surface area contributed by atoms with Gasteiger partial charge in [-0.15, -0.1) is 0 Å². The van der Waals surface area contributed by atoms with Gasteiger partial charge in [-0.2, -0.15) is 26.3 Å². The molecule has 0 amide bonds. The first-order valence-corrected chi connectivity index (χ1v) is 8.62. The zero-order valence-corrected chi connectivity index (χ0v) is 13.6. The summed E-state index contributed by atoms with van der Waals surface area (Å²) in [5.74, 6) is -1.26. The van der Waals surface area contributed by atoms with Gasteiger partial charge in [0, 0.05) is 6.42 Å². The number of sulfone groups is 1. The van der Waals surface area contributed by atoms with Crippen molar-refractivity contribution in [1.29, 1.82) is 0 Å². The number of hydrogen-bond donors (Lipinski definition) is 0. The van der Waals surface area contributed by atoms with E-state index in [0.29, 0.717) is 13.0 Å². The molecule has 140 valence electrons. The van der Waals surface area contributed by atoms with Crippen LogP contribution in [0.15, 0.2) is 0 Å². The lowest BCUT2D eigenvalue weighted by atomic mass is 9.99. The largest absolute Gasteiger partial charge is 0.431 e. The van der Waals surface area contributed by atoms with Crippen molar-refractivity contribution in [2.24, 2.45) is 0 Å². The van der Waals surface area contributed by atoms with Crippen molar-refractivity contribution in [2.45, 2.75) is 43.7 Å². The molecule has 0 unspecified atom stereocenters. The first kappa shape index (κ1) is 22.4. The molecule has 0 rings (SSSR count). The van der Waals surface area contributed by atoms with Crippen molar-refractivity contribution < 1.29 is 39.2 Å². The first-order valence-electron chi connectivity index (χ1n) is 6.80. The molecule has 0 saturated carbocycles. The zero-order valence-electron chi connectivity index (χ0n) is 12.8. The fourth-order valence-electron chi connectivity index (χ4n) is 1.83. The number of alkyl halides is 7. The van der Waals surface area contributed by atoms with Crippen LogP contribution in [0.4, 0.5) is 30.7 Å². The maximum atomic E-state index is 13.3. The summed E-state index contributed by atoms with van der Waals surface area (Å²) >= 11 is 0. The van der Waals surface area contributed by atoms with Gasteiger partial charge in [-0.25, -0.2) is 12.8 Å². The molecule has 0 aliphatic carbocycles. The van der Waals surface area contributed by atoms with Crippen molar-refractivity contribution in [2.75, 3.05) is 32.1 Å². The monoisotopic (exact) mass is 375 g/mol. The summed E-state index contributed by atoms with van der Waals surface area (Å²) in [6.07, 6.45) is -14.5. The Bertz CT molecular complexity index is 443. The van der Waals surface area contributed by atoms with Crippen LogP contribution in [0.2, 0.25) is 0 Å². The third-order valence-electron chi connectivity index (χ3n) is 3.19. The van der Waals surface area contributed by atoms with Gasteiger partial charge in [-0.1, -0.05) is 0 Å². The molecule has 0 aromatic rings. The van der Waals surface area contributed by atoms with Gasteiger partial charge in [0.15, 0.2) is 0 Å². The lowest BCUT2D eigenvalue weighted by Crippen LogP contribution is -2.53. The Labute approximate surface area is 130 Å². The van der Waals surface area contributed by atoms with Gasteiger partial charge in [0.05, 0.1) is 11.5 Å². The van der Waals surface area contributed by atoms with Crippen LogP contribution in [-0.4, -0.2) is 63.5 Å². The molecule has 0 aliphatic rings. The highest BCUT2D eigenvalue weighted by Gasteiger charge is 2.71. The molecule has 3 nitrogen and oxygen atoms in total. The molecule has 0 saturated heterocycles. The second kappa shape index (κ2) is 8.00. The van der Waals surface area contributed by atoms with Crippen LogP contribution < -0.4 is 0 Å². The summed E-state index contributed by atoms with van der Waals surface area (Å²) < 4.78 is 110. The second-order valence-corrected chi connectivity index (χ2v) is 7.87. The molecule has 0 aliphatic heterocycles.